The number of carbonyl (C=O) groups excluding carboxylic acids is 1. The quantitative estimate of drug-likeness (QED) is 0.468. The maximum Gasteiger partial charge on any atom is 0.131 e. The van der Waals surface area contributed by atoms with Crippen LogP contribution in [0.3, 0.4) is 0 Å². The van der Waals surface area contributed by atoms with Gasteiger partial charge in [-0.25, -0.2) is 0 Å². The molecule has 0 bridgehead atoms. The average molecular weight is 160 g/mol. The van der Waals surface area contributed by atoms with Gasteiger partial charge < -0.3 is 21.4 Å². The van der Waals surface area contributed by atoms with Crippen LogP contribution in [-0.4, -0.2) is 12.1 Å². The fourth-order valence-corrected chi connectivity index (χ4v) is 1.19. The van der Waals surface area contributed by atoms with E-state index in [-0.39, 0.29) is 0 Å². The average Bonchev–Trinajstić information content (AvgIpc) is 1.87. The lowest BCUT2D eigenvalue weighted by molar-refractivity contribution is -0.425. The van der Waals surface area contributed by atoms with Crippen molar-refractivity contribution in [2.45, 2.75) is 38.1 Å². The topological polar surface area (TPSA) is 93.8 Å². The molecule has 66 valence electrons. The van der Waals surface area contributed by atoms with Crippen LogP contribution in [0.25, 0.3) is 0 Å². The van der Waals surface area contributed by atoms with Crippen LogP contribution in [0.5, 0.6) is 0 Å². The zero-order valence-corrected chi connectivity index (χ0v) is 6.71. The van der Waals surface area contributed by atoms with E-state index in [1.54, 1.807) is 0 Å². The summed E-state index contributed by atoms with van der Waals surface area (Å²) in [6, 6.07) is 0.786. The second-order valence-electron chi connectivity index (χ2n) is 2.82. The summed E-state index contributed by atoms with van der Waals surface area (Å²) in [5, 5.41) is 8.67. The van der Waals surface area contributed by atoms with E-state index in [1.165, 1.54) is 32.1 Å². The lowest BCUT2D eigenvalue weighted by atomic mass is 9.97. The number of hydrogen-bond acceptors (Lipinski definition) is 2. The summed E-state index contributed by atoms with van der Waals surface area (Å²) >= 11 is 0. The van der Waals surface area contributed by atoms with Crippen molar-refractivity contribution in [3.8, 4) is 0 Å². The first-order valence-corrected chi connectivity index (χ1v) is 3.92. The normalized spacial score (nSPS) is 18.3. The summed E-state index contributed by atoms with van der Waals surface area (Å²) < 4.78 is 0. The molecule has 1 rings (SSSR count). The molecule has 0 atom stereocenters. The standard InChI is InChI=1S/C6H13N.CH3NO2/c7-6-4-2-1-3-5-6;2-1(3)4/h6H,1-5,7H2;2H2,(H,3,4). The Morgan fingerprint density at radius 2 is 1.73 bits per heavy atom. The Morgan fingerprint density at radius 1 is 1.36 bits per heavy atom. The maximum atomic E-state index is 8.67. The van der Waals surface area contributed by atoms with Crippen molar-refractivity contribution in [3.05, 3.63) is 0 Å². The summed E-state index contributed by atoms with van der Waals surface area (Å²) in [4.78, 5) is 8.67. The molecule has 0 aromatic heterocycles. The van der Waals surface area contributed by atoms with E-state index >= 15 is 0 Å². The molecule has 0 unspecified atom stereocenters. The molecule has 5 N–H and O–H groups in total. The molecule has 1 amide bonds. The Kier molecular flexibility index (Phi) is 5.56. The Morgan fingerprint density at radius 3 is 1.91 bits per heavy atom. The highest BCUT2D eigenvalue weighted by Gasteiger charge is 2.09. The second-order valence-corrected chi connectivity index (χ2v) is 2.82. The Hall–Kier alpha value is -0.770. The van der Waals surface area contributed by atoms with Crippen molar-refractivity contribution in [1.29, 1.82) is 0 Å². The van der Waals surface area contributed by atoms with Gasteiger partial charge in [-0.3, -0.25) is 0 Å². The number of nitrogens with two attached hydrogens (primary N) is 1. The van der Waals surface area contributed by atoms with Crippen molar-refractivity contribution in [2.24, 2.45) is 5.73 Å². The molecule has 1 saturated carbocycles. The number of quaternary nitrogens is 1. The molecule has 1 aliphatic carbocycles. The van der Waals surface area contributed by atoms with Gasteiger partial charge in [0.15, 0.2) is 0 Å². The minimum atomic E-state index is -1.58. The lowest BCUT2D eigenvalue weighted by Gasteiger charge is -2.12. The van der Waals surface area contributed by atoms with Crippen LogP contribution in [0.1, 0.15) is 32.1 Å². The minimum absolute atomic E-state index is 0.786. The zero-order chi connectivity index (χ0) is 8.69. The fraction of sp³-hybridized carbons (Fsp3) is 0.857. The smallest absolute Gasteiger partial charge is 0.131 e. The number of amides is 1. The van der Waals surface area contributed by atoms with Crippen molar-refractivity contribution in [3.63, 3.8) is 0 Å². The van der Waals surface area contributed by atoms with Crippen LogP contribution in [0.2, 0.25) is 0 Å². The maximum absolute atomic E-state index is 8.67. The molecule has 4 heteroatoms. The van der Waals surface area contributed by atoms with Gasteiger partial charge in [0.2, 0.25) is 0 Å². The lowest BCUT2D eigenvalue weighted by Crippen LogP contribution is -2.61. The monoisotopic (exact) mass is 160 g/mol. The largest absolute Gasteiger partial charge is 0.530 e. The minimum Gasteiger partial charge on any atom is -0.530 e. The molecular formula is C7H16N2O2. The number of primary amides is 1. The first-order valence-electron chi connectivity index (χ1n) is 3.92. The highest BCUT2D eigenvalue weighted by molar-refractivity contribution is 5.58. The Bertz CT molecular complexity index is 107. The molecule has 0 aromatic carbocycles. The van der Waals surface area contributed by atoms with E-state index in [2.05, 4.69) is 11.5 Å². The Balaban J connectivity index is 0.000000218. The van der Waals surface area contributed by atoms with Gasteiger partial charge in [0, 0.05) is 0 Å². The van der Waals surface area contributed by atoms with Crippen LogP contribution < -0.4 is 16.6 Å². The van der Waals surface area contributed by atoms with Crippen LogP contribution in [0.4, 0.5) is 4.79 Å². The molecule has 0 aliphatic heterocycles. The van der Waals surface area contributed by atoms with Gasteiger partial charge in [-0.15, -0.1) is 0 Å². The predicted octanol–water partition coefficient (Wildman–Crippen LogP) is -1.15. The third-order valence-corrected chi connectivity index (χ3v) is 1.72. The van der Waals surface area contributed by atoms with Crippen LogP contribution in [-0.2, 0) is 0 Å². The summed E-state index contributed by atoms with van der Waals surface area (Å²) in [5.41, 5.74) is 7.91. The molecule has 0 radical (unpaired) electrons. The molecule has 0 heterocycles. The van der Waals surface area contributed by atoms with Crippen LogP contribution in [0, 0.1) is 0 Å². The predicted molar refractivity (Wildman–Crippen MR) is 39.3 cm³/mol. The van der Waals surface area contributed by atoms with Crippen LogP contribution in [0.15, 0.2) is 0 Å². The van der Waals surface area contributed by atoms with Gasteiger partial charge in [0.1, 0.15) is 6.09 Å². The first kappa shape index (κ1) is 10.2. The molecule has 4 nitrogen and oxygen atoms in total. The van der Waals surface area contributed by atoms with E-state index in [1.807, 2.05) is 0 Å². The van der Waals surface area contributed by atoms with Crippen molar-refractivity contribution < 1.29 is 15.6 Å². The van der Waals surface area contributed by atoms with Gasteiger partial charge in [0.05, 0.1) is 6.04 Å². The third kappa shape index (κ3) is 9.23. The molecule has 0 spiro atoms. The number of carboxylic acid groups (broad SMARTS) is 1. The second kappa shape index (κ2) is 5.97. The van der Waals surface area contributed by atoms with Crippen molar-refractivity contribution in [2.75, 3.05) is 0 Å². The fourth-order valence-electron chi connectivity index (χ4n) is 1.19. The first-order chi connectivity index (χ1) is 5.13. The summed E-state index contributed by atoms with van der Waals surface area (Å²) in [7, 11) is 0. The van der Waals surface area contributed by atoms with Crippen molar-refractivity contribution >= 4 is 6.09 Å². The SMILES string of the molecule is NC(=O)[O-].[NH3+]C1CCCCC1. The zero-order valence-electron chi connectivity index (χ0n) is 6.71. The molecule has 1 aliphatic rings. The highest BCUT2D eigenvalue weighted by Crippen LogP contribution is 2.13. The van der Waals surface area contributed by atoms with Gasteiger partial charge >= 0.3 is 0 Å². The molecule has 0 saturated heterocycles. The van der Waals surface area contributed by atoms with E-state index in [9.17, 15) is 0 Å². The third-order valence-electron chi connectivity index (χ3n) is 1.72. The Labute approximate surface area is 66.6 Å². The molecule has 0 aromatic rings. The molecule has 11 heavy (non-hydrogen) atoms. The molecule has 1 fully saturated rings. The van der Waals surface area contributed by atoms with E-state index in [0.717, 1.165) is 6.04 Å². The van der Waals surface area contributed by atoms with E-state index < -0.39 is 6.09 Å². The van der Waals surface area contributed by atoms with Gasteiger partial charge in [0.25, 0.3) is 0 Å². The van der Waals surface area contributed by atoms with E-state index in [4.69, 9.17) is 9.90 Å². The van der Waals surface area contributed by atoms with Crippen LogP contribution >= 0.6 is 0 Å². The van der Waals surface area contributed by atoms with Gasteiger partial charge in [-0.2, -0.15) is 0 Å². The summed E-state index contributed by atoms with van der Waals surface area (Å²) in [6.07, 6.45) is 5.47. The van der Waals surface area contributed by atoms with Gasteiger partial charge in [-0.1, -0.05) is 6.42 Å². The van der Waals surface area contributed by atoms with Gasteiger partial charge in [-0.05, 0) is 25.7 Å². The van der Waals surface area contributed by atoms with Crippen molar-refractivity contribution in [1.82, 2.24) is 0 Å². The summed E-state index contributed by atoms with van der Waals surface area (Å²) in [6.45, 7) is 0. The number of hydrogen-bond donors (Lipinski definition) is 2. The number of carbonyl (C=O) groups is 1. The highest BCUT2D eigenvalue weighted by atomic mass is 16.4. The molecular weight excluding hydrogens is 144 g/mol. The van der Waals surface area contributed by atoms with E-state index in [0.29, 0.717) is 0 Å². The summed E-state index contributed by atoms with van der Waals surface area (Å²) in [5.74, 6) is 0. The number of rotatable bonds is 0.